The monoisotopic (exact) mass is 391 g/mol. The van der Waals surface area contributed by atoms with Crippen molar-refractivity contribution in [1.82, 2.24) is 0 Å². The zero-order chi connectivity index (χ0) is 14.0. The molecule has 0 aliphatic carbocycles. The Balaban J connectivity index is 2.17. The Morgan fingerprint density at radius 2 is 1.68 bits per heavy atom. The van der Waals surface area contributed by atoms with Crippen molar-refractivity contribution in [3.63, 3.8) is 0 Å². The number of phenolic OH excluding ortho intramolecular Hbond substituents is 1. The average molecular weight is 393 g/mol. The number of benzene rings is 2. The quantitative estimate of drug-likeness (QED) is 0.785. The number of aromatic hydroxyl groups is 1. The van der Waals surface area contributed by atoms with Crippen molar-refractivity contribution in [2.24, 2.45) is 0 Å². The predicted molar refractivity (Wildman–Crippen MR) is 77.2 cm³/mol. The van der Waals surface area contributed by atoms with Crippen LogP contribution in [-0.2, 0) is 6.54 Å². The Hall–Kier alpha value is -1.14. The number of nitrogens with one attached hydrogen (secondary N) is 1. The second-order valence-electron chi connectivity index (χ2n) is 3.89. The summed E-state index contributed by atoms with van der Waals surface area (Å²) >= 11 is 6.71. The minimum atomic E-state index is -0.967. The third-order valence-corrected chi connectivity index (χ3v) is 3.67. The highest BCUT2D eigenvalue weighted by atomic mass is 79.9. The predicted octanol–water partition coefficient (Wildman–Crippen LogP) is 4.81. The van der Waals surface area contributed by atoms with Crippen LogP contribution in [0, 0.1) is 11.6 Å². The van der Waals surface area contributed by atoms with Crippen molar-refractivity contribution in [2.45, 2.75) is 6.54 Å². The highest BCUT2D eigenvalue weighted by Gasteiger charge is 2.09. The number of halogens is 4. The van der Waals surface area contributed by atoms with Crippen LogP contribution in [0.3, 0.4) is 0 Å². The van der Waals surface area contributed by atoms with Gasteiger partial charge in [0.25, 0.3) is 0 Å². The van der Waals surface area contributed by atoms with Crippen LogP contribution in [0.4, 0.5) is 14.5 Å². The summed E-state index contributed by atoms with van der Waals surface area (Å²) in [5.74, 6) is -2.89. The summed E-state index contributed by atoms with van der Waals surface area (Å²) < 4.78 is 28.1. The number of hydrogen-bond donors (Lipinski definition) is 2. The van der Waals surface area contributed by atoms with E-state index < -0.39 is 17.4 Å². The van der Waals surface area contributed by atoms with Gasteiger partial charge in [0, 0.05) is 21.2 Å². The Bertz CT molecular complexity index is 597. The van der Waals surface area contributed by atoms with E-state index in [1.165, 1.54) is 0 Å². The van der Waals surface area contributed by atoms with Gasteiger partial charge in [-0.3, -0.25) is 0 Å². The molecule has 0 unspecified atom stereocenters. The molecule has 0 bridgehead atoms. The molecule has 6 heteroatoms. The van der Waals surface area contributed by atoms with Crippen LogP contribution in [0.15, 0.2) is 39.3 Å². The SMILES string of the molecule is Oc1c(F)cc(CNc2cc(Br)ccc2Br)cc1F. The van der Waals surface area contributed by atoms with Gasteiger partial charge >= 0.3 is 0 Å². The van der Waals surface area contributed by atoms with E-state index in [4.69, 9.17) is 5.11 Å². The van der Waals surface area contributed by atoms with Gasteiger partial charge in [-0.25, -0.2) is 8.78 Å². The molecular weight excluding hydrogens is 384 g/mol. The Kier molecular flexibility index (Phi) is 4.42. The molecule has 2 N–H and O–H groups in total. The van der Waals surface area contributed by atoms with Gasteiger partial charge < -0.3 is 10.4 Å². The van der Waals surface area contributed by atoms with Gasteiger partial charge in [0.2, 0.25) is 0 Å². The first-order chi connectivity index (χ1) is 8.97. The molecule has 0 aliphatic rings. The molecule has 0 fully saturated rings. The van der Waals surface area contributed by atoms with E-state index in [0.717, 1.165) is 26.8 Å². The van der Waals surface area contributed by atoms with Gasteiger partial charge in [0.05, 0.1) is 0 Å². The standard InChI is InChI=1S/C13H9Br2F2NO/c14-8-1-2-9(15)12(5-8)18-6-7-3-10(16)13(19)11(17)4-7/h1-5,18-19H,6H2. The molecular formula is C13H9Br2F2NO. The molecule has 19 heavy (non-hydrogen) atoms. The first-order valence-corrected chi connectivity index (χ1v) is 6.92. The first kappa shape index (κ1) is 14.3. The van der Waals surface area contributed by atoms with E-state index in [1.54, 1.807) is 0 Å². The summed E-state index contributed by atoms with van der Waals surface area (Å²) in [7, 11) is 0. The number of anilines is 1. The maximum absolute atomic E-state index is 13.2. The van der Waals surface area contributed by atoms with Gasteiger partial charge in [0.1, 0.15) is 0 Å². The summed E-state index contributed by atoms with van der Waals surface area (Å²) in [6.45, 7) is 0.239. The van der Waals surface area contributed by atoms with E-state index in [1.807, 2.05) is 18.2 Å². The lowest BCUT2D eigenvalue weighted by molar-refractivity contribution is 0.395. The molecule has 0 saturated carbocycles. The maximum atomic E-state index is 13.2. The van der Waals surface area contributed by atoms with Crippen LogP contribution in [0.25, 0.3) is 0 Å². The molecule has 0 spiro atoms. The fourth-order valence-electron chi connectivity index (χ4n) is 1.55. The molecule has 2 aromatic rings. The molecule has 0 aliphatic heterocycles. The van der Waals surface area contributed by atoms with E-state index in [-0.39, 0.29) is 6.54 Å². The third-order valence-electron chi connectivity index (χ3n) is 2.49. The Morgan fingerprint density at radius 1 is 1.05 bits per heavy atom. The molecule has 0 aromatic heterocycles. The van der Waals surface area contributed by atoms with Gasteiger partial charge in [-0.1, -0.05) is 15.9 Å². The minimum Gasteiger partial charge on any atom is -0.503 e. The molecule has 2 nitrogen and oxygen atoms in total. The summed E-state index contributed by atoms with van der Waals surface area (Å²) in [5.41, 5.74) is 1.20. The number of hydrogen-bond acceptors (Lipinski definition) is 2. The Morgan fingerprint density at radius 3 is 2.32 bits per heavy atom. The van der Waals surface area contributed by atoms with Crippen LogP contribution in [0.5, 0.6) is 5.75 Å². The van der Waals surface area contributed by atoms with Gasteiger partial charge in [-0.05, 0) is 51.8 Å². The highest BCUT2D eigenvalue weighted by Crippen LogP contribution is 2.27. The summed E-state index contributed by atoms with van der Waals surface area (Å²) in [4.78, 5) is 0. The largest absolute Gasteiger partial charge is 0.503 e. The van der Waals surface area contributed by atoms with Crippen molar-refractivity contribution in [2.75, 3.05) is 5.32 Å². The normalized spacial score (nSPS) is 10.5. The van der Waals surface area contributed by atoms with E-state index in [0.29, 0.717) is 5.56 Å². The van der Waals surface area contributed by atoms with Crippen molar-refractivity contribution >= 4 is 37.5 Å². The number of phenols is 1. The fourth-order valence-corrected chi connectivity index (χ4v) is 2.30. The minimum absolute atomic E-state index is 0.239. The average Bonchev–Trinajstić information content (AvgIpc) is 2.37. The second kappa shape index (κ2) is 5.88. The molecule has 0 atom stereocenters. The molecule has 0 radical (unpaired) electrons. The highest BCUT2D eigenvalue weighted by molar-refractivity contribution is 9.11. The van der Waals surface area contributed by atoms with E-state index >= 15 is 0 Å². The molecule has 0 amide bonds. The van der Waals surface area contributed by atoms with Gasteiger partial charge in [-0.2, -0.15) is 0 Å². The lowest BCUT2D eigenvalue weighted by Gasteiger charge is -2.10. The lowest BCUT2D eigenvalue weighted by Crippen LogP contribution is -2.01. The van der Waals surface area contributed by atoms with Crippen LogP contribution in [-0.4, -0.2) is 5.11 Å². The summed E-state index contributed by atoms with van der Waals surface area (Å²) in [5, 5.41) is 12.1. The zero-order valence-corrected chi connectivity index (χ0v) is 12.7. The molecule has 0 heterocycles. The van der Waals surface area contributed by atoms with Crippen LogP contribution < -0.4 is 5.32 Å². The third kappa shape index (κ3) is 3.45. The maximum Gasteiger partial charge on any atom is 0.187 e. The first-order valence-electron chi connectivity index (χ1n) is 5.33. The topological polar surface area (TPSA) is 32.3 Å². The van der Waals surface area contributed by atoms with Gasteiger partial charge in [-0.15, -0.1) is 0 Å². The van der Waals surface area contributed by atoms with Crippen molar-refractivity contribution in [3.05, 3.63) is 56.5 Å². The second-order valence-corrected chi connectivity index (χ2v) is 5.66. The van der Waals surface area contributed by atoms with E-state index in [9.17, 15) is 8.78 Å². The smallest absolute Gasteiger partial charge is 0.187 e. The van der Waals surface area contributed by atoms with Gasteiger partial charge in [0.15, 0.2) is 17.4 Å². The van der Waals surface area contributed by atoms with Crippen LogP contribution in [0.2, 0.25) is 0 Å². The lowest BCUT2D eigenvalue weighted by atomic mass is 10.2. The summed E-state index contributed by atoms with van der Waals surface area (Å²) in [6, 6.07) is 7.76. The fraction of sp³-hybridized carbons (Fsp3) is 0.0769. The summed E-state index contributed by atoms with van der Waals surface area (Å²) in [6.07, 6.45) is 0. The van der Waals surface area contributed by atoms with Crippen LogP contribution >= 0.6 is 31.9 Å². The van der Waals surface area contributed by atoms with Crippen molar-refractivity contribution in [1.29, 1.82) is 0 Å². The van der Waals surface area contributed by atoms with E-state index in [2.05, 4.69) is 37.2 Å². The molecule has 2 aromatic carbocycles. The Labute approximate surface area is 125 Å². The number of rotatable bonds is 3. The van der Waals surface area contributed by atoms with Crippen molar-refractivity contribution in [3.8, 4) is 5.75 Å². The molecule has 0 saturated heterocycles. The zero-order valence-electron chi connectivity index (χ0n) is 9.55. The van der Waals surface area contributed by atoms with Crippen molar-refractivity contribution < 1.29 is 13.9 Å². The molecule has 100 valence electrons. The molecule has 2 rings (SSSR count). The van der Waals surface area contributed by atoms with Crippen LogP contribution in [0.1, 0.15) is 5.56 Å².